The van der Waals surface area contributed by atoms with Crippen molar-refractivity contribution in [2.45, 2.75) is 33.1 Å². The van der Waals surface area contributed by atoms with E-state index in [0.29, 0.717) is 5.41 Å². The summed E-state index contributed by atoms with van der Waals surface area (Å²) in [5.41, 5.74) is 0.671. The standard InChI is InChI=1S/C12H23NO/c1-11(2)12(4-5-12)10-13-6-3-8-14-9-7-13/h11H,3-10H2,1-2H3. The van der Waals surface area contributed by atoms with Crippen LogP contribution in [0.4, 0.5) is 0 Å². The van der Waals surface area contributed by atoms with Crippen LogP contribution in [0.2, 0.25) is 0 Å². The Balaban J connectivity index is 1.83. The van der Waals surface area contributed by atoms with Gasteiger partial charge in [-0.25, -0.2) is 0 Å². The minimum absolute atomic E-state index is 0.671. The zero-order valence-electron chi connectivity index (χ0n) is 9.59. The predicted octanol–water partition coefficient (Wildman–Crippen LogP) is 2.14. The first kappa shape index (κ1) is 10.4. The van der Waals surface area contributed by atoms with Gasteiger partial charge in [-0.15, -0.1) is 0 Å². The van der Waals surface area contributed by atoms with Crippen LogP contribution in [0.5, 0.6) is 0 Å². The summed E-state index contributed by atoms with van der Waals surface area (Å²) in [6.07, 6.45) is 4.11. The molecule has 0 spiro atoms. The molecule has 1 saturated carbocycles. The molecule has 1 heterocycles. The highest BCUT2D eigenvalue weighted by atomic mass is 16.5. The Morgan fingerprint density at radius 1 is 1.21 bits per heavy atom. The van der Waals surface area contributed by atoms with E-state index in [-0.39, 0.29) is 0 Å². The first-order chi connectivity index (χ1) is 6.73. The number of nitrogens with zero attached hydrogens (tertiary/aromatic N) is 1. The average molecular weight is 197 g/mol. The molecule has 0 unspecified atom stereocenters. The molecule has 1 saturated heterocycles. The summed E-state index contributed by atoms with van der Waals surface area (Å²) in [6, 6.07) is 0. The average Bonchev–Trinajstić information content (AvgIpc) is 2.91. The first-order valence-corrected chi connectivity index (χ1v) is 6.03. The van der Waals surface area contributed by atoms with Crippen LogP contribution in [0.15, 0.2) is 0 Å². The Bertz CT molecular complexity index is 179. The van der Waals surface area contributed by atoms with Gasteiger partial charge in [0.2, 0.25) is 0 Å². The van der Waals surface area contributed by atoms with Crippen LogP contribution in [0.3, 0.4) is 0 Å². The monoisotopic (exact) mass is 197 g/mol. The van der Waals surface area contributed by atoms with Gasteiger partial charge in [-0.3, -0.25) is 0 Å². The molecule has 1 aliphatic carbocycles. The van der Waals surface area contributed by atoms with Crippen molar-refractivity contribution in [3.8, 4) is 0 Å². The molecule has 0 aromatic rings. The third-order valence-electron chi connectivity index (χ3n) is 3.97. The summed E-state index contributed by atoms with van der Waals surface area (Å²) in [6.45, 7) is 10.4. The maximum Gasteiger partial charge on any atom is 0.0593 e. The van der Waals surface area contributed by atoms with Gasteiger partial charge in [-0.05, 0) is 30.6 Å². The molecule has 0 atom stereocenters. The maximum atomic E-state index is 5.48. The number of hydrogen-bond acceptors (Lipinski definition) is 2. The van der Waals surface area contributed by atoms with Gasteiger partial charge in [-0.1, -0.05) is 13.8 Å². The Morgan fingerprint density at radius 2 is 2.00 bits per heavy atom. The van der Waals surface area contributed by atoms with E-state index in [1.807, 2.05) is 0 Å². The molecule has 0 aromatic carbocycles. The van der Waals surface area contributed by atoms with Gasteiger partial charge in [0.05, 0.1) is 6.61 Å². The third kappa shape index (κ3) is 2.29. The predicted molar refractivity (Wildman–Crippen MR) is 58.4 cm³/mol. The van der Waals surface area contributed by atoms with Crippen molar-refractivity contribution in [3.63, 3.8) is 0 Å². The van der Waals surface area contributed by atoms with Gasteiger partial charge < -0.3 is 9.64 Å². The molecule has 0 bridgehead atoms. The lowest BCUT2D eigenvalue weighted by atomic mass is 9.92. The topological polar surface area (TPSA) is 12.5 Å². The van der Waals surface area contributed by atoms with Crippen LogP contribution < -0.4 is 0 Å². The lowest BCUT2D eigenvalue weighted by Gasteiger charge is -2.28. The van der Waals surface area contributed by atoms with Crippen molar-refractivity contribution >= 4 is 0 Å². The SMILES string of the molecule is CC(C)C1(CN2CCCOCC2)CC1. The van der Waals surface area contributed by atoms with Gasteiger partial charge in [-0.2, -0.15) is 0 Å². The fourth-order valence-electron chi connectivity index (χ4n) is 2.48. The third-order valence-corrected chi connectivity index (χ3v) is 3.97. The summed E-state index contributed by atoms with van der Waals surface area (Å²) in [4.78, 5) is 2.61. The molecule has 2 heteroatoms. The Morgan fingerprint density at radius 3 is 2.64 bits per heavy atom. The summed E-state index contributed by atoms with van der Waals surface area (Å²) >= 11 is 0. The van der Waals surface area contributed by atoms with Crippen molar-refractivity contribution in [1.82, 2.24) is 4.90 Å². The second kappa shape index (κ2) is 4.19. The zero-order valence-corrected chi connectivity index (χ0v) is 9.59. The molecule has 14 heavy (non-hydrogen) atoms. The van der Waals surface area contributed by atoms with E-state index >= 15 is 0 Å². The number of rotatable bonds is 3. The summed E-state index contributed by atoms with van der Waals surface area (Å²) in [5.74, 6) is 0.853. The van der Waals surface area contributed by atoms with E-state index in [9.17, 15) is 0 Å². The Labute approximate surface area is 87.6 Å². The van der Waals surface area contributed by atoms with Crippen LogP contribution in [0.25, 0.3) is 0 Å². The molecule has 2 fully saturated rings. The van der Waals surface area contributed by atoms with E-state index in [1.165, 1.54) is 32.4 Å². The Hall–Kier alpha value is -0.0800. The molecule has 0 aromatic heterocycles. The summed E-state index contributed by atoms with van der Waals surface area (Å²) in [7, 11) is 0. The van der Waals surface area contributed by atoms with Crippen LogP contribution >= 0.6 is 0 Å². The van der Waals surface area contributed by atoms with E-state index in [1.54, 1.807) is 0 Å². The molecule has 1 aliphatic heterocycles. The van der Waals surface area contributed by atoms with Crippen LogP contribution in [-0.2, 0) is 4.74 Å². The van der Waals surface area contributed by atoms with E-state index < -0.39 is 0 Å². The van der Waals surface area contributed by atoms with Crippen LogP contribution in [0, 0.1) is 11.3 Å². The van der Waals surface area contributed by atoms with Crippen LogP contribution in [0.1, 0.15) is 33.1 Å². The molecule has 82 valence electrons. The van der Waals surface area contributed by atoms with E-state index in [2.05, 4.69) is 18.7 Å². The van der Waals surface area contributed by atoms with Gasteiger partial charge in [0.1, 0.15) is 0 Å². The minimum atomic E-state index is 0.671. The molecular weight excluding hydrogens is 174 g/mol. The van der Waals surface area contributed by atoms with Crippen molar-refractivity contribution < 1.29 is 4.74 Å². The second-order valence-corrected chi connectivity index (χ2v) is 5.26. The molecule has 2 rings (SSSR count). The summed E-state index contributed by atoms with van der Waals surface area (Å²) < 4.78 is 5.48. The van der Waals surface area contributed by atoms with Gasteiger partial charge in [0.25, 0.3) is 0 Å². The van der Waals surface area contributed by atoms with Crippen molar-refractivity contribution in [2.75, 3.05) is 32.8 Å². The highest BCUT2D eigenvalue weighted by Gasteiger charge is 2.46. The largest absolute Gasteiger partial charge is 0.380 e. The fourth-order valence-corrected chi connectivity index (χ4v) is 2.48. The highest BCUT2D eigenvalue weighted by molar-refractivity contribution is 4.97. The molecular formula is C12H23NO. The smallest absolute Gasteiger partial charge is 0.0593 e. The highest BCUT2D eigenvalue weighted by Crippen LogP contribution is 2.52. The van der Waals surface area contributed by atoms with Gasteiger partial charge in [0, 0.05) is 26.2 Å². The van der Waals surface area contributed by atoms with E-state index in [4.69, 9.17) is 4.74 Å². The molecule has 2 aliphatic rings. The van der Waals surface area contributed by atoms with Gasteiger partial charge in [0.15, 0.2) is 0 Å². The van der Waals surface area contributed by atoms with Crippen molar-refractivity contribution in [3.05, 3.63) is 0 Å². The molecule has 0 N–H and O–H groups in total. The fraction of sp³-hybridized carbons (Fsp3) is 1.00. The van der Waals surface area contributed by atoms with Crippen molar-refractivity contribution in [1.29, 1.82) is 0 Å². The molecule has 0 radical (unpaired) electrons. The van der Waals surface area contributed by atoms with E-state index in [0.717, 1.165) is 25.7 Å². The Kier molecular flexibility index (Phi) is 3.13. The van der Waals surface area contributed by atoms with Crippen LogP contribution in [-0.4, -0.2) is 37.7 Å². The maximum absolute atomic E-state index is 5.48. The first-order valence-electron chi connectivity index (χ1n) is 6.03. The van der Waals surface area contributed by atoms with Gasteiger partial charge >= 0.3 is 0 Å². The number of hydrogen-bond donors (Lipinski definition) is 0. The lowest BCUT2D eigenvalue weighted by Crippen LogP contribution is -2.34. The molecule has 2 nitrogen and oxygen atoms in total. The number of ether oxygens (including phenoxy) is 1. The quantitative estimate of drug-likeness (QED) is 0.687. The second-order valence-electron chi connectivity index (χ2n) is 5.26. The minimum Gasteiger partial charge on any atom is -0.380 e. The lowest BCUT2D eigenvalue weighted by molar-refractivity contribution is 0.132. The normalized spacial score (nSPS) is 27.6. The van der Waals surface area contributed by atoms with Crippen molar-refractivity contribution in [2.24, 2.45) is 11.3 Å². The molecule has 0 amide bonds. The zero-order chi connectivity index (χ0) is 10.0. The summed E-state index contributed by atoms with van der Waals surface area (Å²) in [5, 5.41) is 0.